The molecule has 1 unspecified atom stereocenters. The van der Waals surface area contributed by atoms with Crippen molar-refractivity contribution in [1.29, 1.82) is 0 Å². The van der Waals surface area contributed by atoms with E-state index in [0.717, 1.165) is 10.0 Å². The number of halogens is 1. The zero-order valence-corrected chi connectivity index (χ0v) is 11.0. The Hall–Kier alpha value is -1.40. The fraction of sp³-hybridized carbons (Fsp3) is 0.273. The summed E-state index contributed by atoms with van der Waals surface area (Å²) in [6.07, 6.45) is -0.171. The van der Waals surface area contributed by atoms with Crippen LogP contribution in [-0.2, 0) is 9.59 Å². The number of primary amides is 1. The van der Waals surface area contributed by atoms with Gasteiger partial charge in [-0.1, -0.05) is 6.07 Å². The van der Waals surface area contributed by atoms with Crippen molar-refractivity contribution in [2.24, 2.45) is 11.5 Å². The minimum Gasteiger partial charge on any atom is -0.370 e. The average molecular weight is 300 g/mol. The first-order valence-electron chi connectivity index (χ1n) is 5.01. The first-order chi connectivity index (χ1) is 7.90. The number of anilines is 1. The Balaban J connectivity index is 2.71. The van der Waals surface area contributed by atoms with Crippen molar-refractivity contribution in [3.8, 4) is 0 Å². The Morgan fingerprint density at radius 2 is 2.12 bits per heavy atom. The second-order valence-electron chi connectivity index (χ2n) is 3.75. The van der Waals surface area contributed by atoms with Crippen LogP contribution in [0.3, 0.4) is 0 Å². The Morgan fingerprint density at radius 3 is 2.65 bits per heavy atom. The van der Waals surface area contributed by atoms with Crippen molar-refractivity contribution in [2.75, 3.05) is 5.32 Å². The molecule has 0 aliphatic carbocycles. The Morgan fingerprint density at radius 1 is 1.47 bits per heavy atom. The lowest BCUT2D eigenvalue weighted by molar-refractivity contribution is -0.123. The van der Waals surface area contributed by atoms with Gasteiger partial charge in [0.15, 0.2) is 0 Å². The molecular weight excluding hydrogens is 286 g/mol. The Kier molecular flexibility index (Phi) is 4.65. The first kappa shape index (κ1) is 13.7. The molecule has 0 saturated carbocycles. The maximum atomic E-state index is 11.6. The molecule has 17 heavy (non-hydrogen) atoms. The number of carbonyl (C=O) groups is 2. The van der Waals surface area contributed by atoms with Gasteiger partial charge in [0.2, 0.25) is 11.8 Å². The van der Waals surface area contributed by atoms with E-state index in [4.69, 9.17) is 11.5 Å². The second-order valence-corrected chi connectivity index (χ2v) is 4.60. The van der Waals surface area contributed by atoms with Crippen LogP contribution in [-0.4, -0.2) is 17.9 Å². The molecule has 2 amide bonds. The molecule has 0 heterocycles. The highest BCUT2D eigenvalue weighted by atomic mass is 79.9. The largest absolute Gasteiger partial charge is 0.370 e. The van der Waals surface area contributed by atoms with Gasteiger partial charge in [-0.3, -0.25) is 9.59 Å². The van der Waals surface area contributed by atoms with E-state index in [9.17, 15) is 9.59 Å². The molecule has 1 rings (SSSR count). The second kappa shape index (κ2) is 5.79. The molecule has 0 aromatic heterocycles. The predicted octanol–water partition coefficient (Wildman–Crippen LogP) is 0.899. The van der Waals surface area contributed by atoms with E-state index in [1.165, 1.54) is 0 Å². The van der Waals surface area contributed by atoms with Crippen molar-refractivity contribution in [1.82, 2.24) is 0 Å². The molecule has 92 valence electrons. The summed E-state index contributed by atoms with van der Waals surface area (Å²) in [6.45, 7) is 1.94. The van der Waals surface area contributed by atoms with Crippen molar-refractivity contribution < 1.29 is 9.59 Å². The summed E-state index contributed by atoms with van der Waals surface area (Å²) in [6, 6.07) is 4.56. The number of nitrogens with two attached hydrogens (primary N) is 2. The number of amides is 2. The molecule has 1 aromatic carbocycles. The smallest absolute Gasteiger partial charge is 0.241 e. The van der Waals surface area contributed by atoms with Gasteiger partial charge in [0.1, 0.15) is 0 Å². The Labute approximate surface area is 108 Å². The minimum atomic E-state index is -0.930. The zero-order valence-electron chi connectivity index (χ0n) is 9.37. The summed E-state index contributed by atoms with van der Waals surface area (Å²) in [5.74, 6) is -1.04. The van der Waals surface area contributed by atoms with Gasteiger partial charge >= 0.3 is 0 Å². The average Bonchev–Trinajstić information content (AvgIpc) is 2.21. The molecule has 5 nitrogen and oxygen atoms in total. The van der Waals surface area contributed by atoms with Crippen LogP contribution in [0.2, 0.25) is 0 Å². The summed E-state index contributed by atoms with van der Waals surface area (Å²) in [4.78, 5) is 22.3. The third-order valence-corrected chi connectivity index (χ3v) is 2.80. The zero-order chi connectivity index (χ0) is 13.0. The van der Waals surface area contributed by atoms with Crippen molar-refractivity contribution in [2.45, 2.75) is 19.4 Å². The first-order valence-corrected chi connectivity index (χ1v) is 5.80. The molecule has 6 heteroatoms. The van der Waals surface area contributed by atoms with Gasteiger partial charge in [0.05, 0.1) is 18.2 Å². The molecule has 1 aromatic rings. The number of rotatable bonds is 4. The Bertz CT molecular complexity index is 448. The van der Waals surface area contributed by atoms with Gasteiger partial charge in [-0.25, -0.2) is 0 Å². The topological polar surface area (TPSA) is 98.2 Å². The van der Waals surface area contributed by atoms with Gasteiger partial charge in [0.25, 0.3) is 0 Å². The molecular formula is C11H14BrN3O2. The molecule has 0 aliphatic heterocycles. The number of nitrogens with one attached hydrogen (secondary N) is 1. The number of hydrogen-bond donors (Lipinski definition) is 3. The predicted molar refractivity (Wildman–Crippen MR) is 69.3 cm³/mol. The molecule has 0 radical (unpaired) electrons. The fourth-order valence-electron chi connectivity index (χ4n) is 1.26. The lowest BCUT2D eigenvalue weighted by atomic mass is 10.2. The summed E-state index contributed by atoms with van der Waals surface area (Å²) < 4.78 is 0.761. The van der Waals surface area contributed by atoms with E-state index in [1.54, 1.807) is 6.07 Å². The van der Waals surface area contributed by atoms with E-state index in [2.05, 4.69) is 21.2 Å². The number of aryl methyl sites for hydroxylation is 1. The highest BCUT2D eigenvalue weighted by Gasteiger charge is 2.16. The quantitative estimate of drug-likeness (QED) is 0.770. The molecule has 1 atom stereocenters. The summed E-state index contributed by atoms with van der Waals surface area (Å²) in [7, 11) is 0. The highest BCUT2D eigenvalue weighted by Crippen LogP contribution is 2.23. The number of hydrogen-bond acceptors (Lipinski definition) is 3. The van der Waals surface area contributed by atoms with Crippen LogP contribution in [0.4, 0.5) is 5.69 Å². The third kappa shape index (κ3) is 4.16. The standard InChI is InChI=1S/C11H14BrN3O2/c1-6-2-3-9(7(12)4-6)15-11(17)8(13)5-10(14)16/h2-4,8H,5,13H2,1H3,(H2,14,16)(H,15,17). The molecule has 0 bridgehead atoms. The summed E-state index contributed by atoms with van der Waals surface area (Å²) >= 11 is 3.33. The van der Waals surface area contributed by atoms with E-state index >= 15 is 0 Å². The van der Waals surface area contributed by atoms with Crippen LogP contribution in [0.15, 0.2) is 22.7 Å². The molecule has 0 spiro atoms. The molecule has 0 aliphatic rings. The summed E-state index contributed by atoms with van der Waals surface area (Å²) in [5, 5.41) is 2.62. The summed E-state index contributed by atoms with van der Waals surface area (Å²) in [5.41, 5.74) is 12.2. The monoisotopic (exact) mass is 299 g/mol. The van der Waals surface area contributed by atoms with Crippen molar-refractivity contribution >= 4 is 33.4 Å². The fourth-order valence-corrected chi connectivity index (χ4v) is 1.85. The van der Waals surface area contributed by atoms with Gasteiger partial charge in [0, 0.05) is 4.47 Å². The lowest BCUT2D eigenvalue weighted by Crippen LogP contribution is -2.39. The number of carbonyl (C=O) groups excluding carboxylic acids is 2. The maximum absolute atomic E-state index is 11.6. The van der Waals surface area contributed by atoms with Gasteiger partial charge in [-0.05, 0) is 40.5 Å². The highest BCUT2D eigenvalue weighted by molar-refractivity contribution is 9.10. The van der Waals surface area contributed by atoms with E-state index in [1.807, 2.05) is 19.1 Å². The van der Waals surface area contributed by atoms with Gasteiger partial charge in [-0.2, -0.15) is 0 Å². The van der Waals surface area contributed by atoms with Crippen LogP contribution in [0.25, 0.3) is 0 Å². The van der Waals surface area contributed by atoms with E-state index in [-0.39, 0.29) is 6.42 Å². The lowest BCUT2D eigenvalue weighted by Gasteiger charge is -2.12. The van der Waals surface area contributed by atoms with E-state index in [0.29, 0.717) is 5.69 Å². The van der Waals surface area contributed by atoms with Crippen LogP contribution in [0, 0.1) is 6.92 Å². The SMILES string of the molecule is Cc1ccc(NC(=O)C(N)CC(N)=O)c(Br)c1. The molecule has 0 fully saturated rings. The van der Waals surface area contributed by atoms with Crippen LogP contribution >= 0.6 is 15.9 Å². The van der Waals surface area contributed by atoms with Crippen LogP contribution in [0.5, 0.6) is 0 Å². The maximum Gasteiger partial charge on any atom is 0.241 e. The van der Waals surface area contributed by atoms with Gasteiger partial charge < -0.3 is 16.8 Å². The molecule has 0 saturated heterocycles. The normalized spacial score (nSPS) is 11.9. The van der Waals surface area contributed by atoms with Gasteiger partial charge in [-0.15, -0.1) is 0 Å². The molecule has 5 N–H and O–H groups in total. The van der Waals surface area contributed by atoms with Crippen molar-refractivity contribution in [3.63, 3.8) is 0 Å². The minimum absolute atomic E-state index is 0.171. The van der Waals surface area contributed by atoms with Crippen LogP contribution in [0.1, 0.15) is 12.0 Å². The number of benzene rings is 1. The van der Waals surface area contributed by atoms with Crippen molar-refractivity contribution in [3.05, 3.63) is 28.2 Å². The van der Waals surface area contributed by atoms with Crippen LogP contribution < -0.4 is 16.8 Å². The third-order valence-electron chi connectivity index (χ3n) is 2.14. The van der Waals surface area contributed by atoms with E-state index < -0.39 is 17.9 Å².